The van der Waals surface area contributed by atoms with Crippen molar-refractivity contribution in [3.63, 3.8) is 0 Å². The number of nitrogens with zero attached hydrogens (tertiary/aromatic N) is 2. The smallest absolute Gasteiger partial charge is 0.267 e. The van der Waals surface area contributed by atoms with Crippen LogP contribution in [0.3, 0.4) is 0 Å². The average Bonchev–Trinajstić information content (AvgIpc) is 2.72. The Morgan fingerprint density at radius 1 is 1.00 bits per heavy atom. The predicted octanol–water partition coefficient (Wildman–Crippen LogP) is 3.03. The minimum Gasteiger partial charge on any atom is -0.267 e. The van der Waals surface area contributed by atoms with Gasteiger partial charge in [0, 0.05) is 22.0 Å². The molecule has 0 atom stereocenters. The number of hydrogen-bond acceptors (Lipinski definition) is 4. The van der Waals surface area contributed by atoms with Gasteiger partial charge in [0.15, 0.2) is 5.69 Å². The van der Waals surface area contributed by atoms with Crippen molar-refractivity contribution < 1.29 is 9.59 Å². The molecule has 0 aliphatic rings. The molecule has 0 fully saturated rings. The number of nitrogens with one attached hydrogen (secondary N) is 2. The molecule has 8 heteroatoms. The first kappa shape index (κ1) is 19.8. The van der Waals surface area contributed by atoms with Crippen LogP contribution in [0.15, 0.2) is 57.8 Å². The molecule has 0 aliphatic heterocycles. The fraction of sp³-hybridized carbons (Fsp3) is 0.200. The summed E-state index contributed by atoms with van der Waals surface area (Å²) in [6, 6.07) is 13.5. The summed E-state index contributed by atoms with van der Waals surface area (Å²) in [7, 11) is 0. The fourth-order valence-electron chi connectivity index (χ4n) is 2.71. The van der Waals surface area contributed by atoms with Gasteiger partial charge in [0.1, 0.15) is 0 Å². The molecule has 2 amide bonds. The van der Waals surface area contributed by atoms with E-state index in [0.717, 1.165) is 17.3 Å². The molecule has 7 nitrogen and oxygen atoms in total. The predicted molar refractivity (Wildman–Crippen MR) is 110 cm³/mol. The SMILES string of the molecule is CCCCn1nc(C(=O)NNC(=O)c2ccc(Br)cc2)c2ccccc2c1=O. The van der Waals surface area contributed by atoms with E-state index in [1.54, 1.807) is 48.5 Å². The number of amides is 2. The first-order chi connectivity index (χ1) is 13.5. The Morgan fingerprint density at radius 2 is 1.64 bits per heavy atom. The Kier molecular flexibility index (Phi) is 6.20. The molecule has 2 aromatic carbocycles. The van der Waals surface area contributed by atoms with Crippen molar-refractivity contribution in [2.24, 2.45) is 0 Å². The largest absolute Gasteiger partial charge is 0.290 e. The van der Waals surface area contributed by atoms with Gasteiger partial charge in [0.2, 0.25) is 0 Å². The maximum atomic E-state index is 12.7. The van der Waals surface area contributed by atoms with Crippen molar-refractivity contribution in [1.29, 1.82) is 0 Å². The van der Waals surface area contributed by atoms with Crippen molar-refractivity contribution in [2.75, 3.05) is 0 Å². The van der Waals surface area contributed by atoms with Crippen molar-refractivity contribution in [3.8, 4) is 0 Å². The molecule has 28 heavy (non-hydrogen) atoms. The van der Waals surface area contributed by atoms with Gasteiger partial charge in [-0.1, -0.05) is 47.5 Å². The van der Waals surface area contributed by atoms with Crippen molar-refractivity contribution in [3.05, 3.63) is 74.6 Å². The van der Waals surface area contributed by atoms with Gasteiger partial charge in [0.25, 0.3) is 17.4 Å². The van der Waals surface area contributed by atoms with Crippen LogP contribution in [0, 0.1) is 0 Å². The lowest BCUT2D eigenvalue weighted by Crippen LogP contribution is -2.42. The Hall–Kier alpha value is -3.00. The summed E-state index contributed by atoms with van der Waals surface area (Å²) in [4.78, 5) is 37.5. The standard InChI is InChI=1S/C20H19BrN4O3/c1-2-3-12-25-20(28)16-7-5-4-6-15(16)17(24-25)19(27)23-22-18(26)13-8-10-14(21)11-9-13/h4-11H,2-3,12H2,1H3,(H,22,26)(H,23,27). The van der Waals surface area contributed by atoms with Gasteiger partial charge >= 0.3 is 0 Å². The summed E-state index contributed by atoms with van der Waals surface area (Å²) in [6.07, 6.45) is 1.67. The number of aryl methyl sites for hydroxylation is 1. The Labute approximate surface area is 169 Å². The molecule has 0 saturated carbocycles. The van der Waals surface area contributed by atoms with E-state index >= 15 is 0 Å². The van der Waals surface area contributed by atoms with Crippen LogP contribution in [0.2, 0.25) is 0 Å². The second-order valence-corrected chi connectivity index (χ2v) is 7.11. The summed E-state index contributed by atoms with van der Waals surface area (Å²) in [6.45, 7) is 2.43. The van der Waals surface area contributed by atoms with Crippen LogP contribution in [-0.2, 0) is 6.54 Å². The van der Waals surface area contributed by atoms with Gasteiger partial charge in [-0.15, -0.1) is 0 Å². The van der Waals surface area contributed by atoms with Gasteiger partial charge in [0.05, 0.1) is 5.39 Å². The average molecular weight is 443 g/mol. The topological polar surface area (TPSA) is 93.1 Å². The number of fused-ring (bicyclic) bond motifs is 1. The highest BCUT2D eigenvalue weighted by atomic mass is 79.9. The highest BCUT2D eigenvalue weighted by Gasteiger charge is 2.17. The van der Waals surface area contributed by atoms with Gasteiger partial charge in [-0.2, -0.15) is 5.10 Å². The van der Waals surface area contributed by atoms with E-state index in [0.29, 0.717) is 22.9 Å². The number of carbonyl (C=O) groups excluding carboxylic acids is 2. The van der Waals surface area contributed by atoms with Crippen LogP contribution in [0.25, 0.3) is 10.8 Å². The van der Waals surface area contributed by atoms with Crippen molar-refractivity contribution in [2.45, 2.75) is 26.3 Å². The molecule has 0 radical (unpaired) electrons. The summed E-state index contributed by atoms with van der Waals surface area (Å²) in [5, 5.41) is 5.09. The molecule has 144 valence electrons. The lowest BCUT2D eigenvalue weighted by molar-refractivity contribution is 0.0843. The molecule has 3 rings (SSSR count). The molecule has 1 aromatic heterocycles. The Bertz CT molecular complexity index is 1080. The molecular weight excluding hydrogens is 424 g/mol. The van der Waals surface area contributed by atoms with Crippen LogP contribution in [0.1, 0.15) is 40.6 Å². The van der Waals surface area contributed by atoms with Crippen molar-refractivity contribution >= 4 is 38.5 Å². The van der Waals surface area contributed by atoms with E-state index < -0.39 is 11.8 Å². The Morgan fingerprint density at radius 3 is 2.32 bits per heavy atom. The van der Waals surface area contributed by atoms with Crippen LogP contribution >= 0.6 is 15.9 Å². The molecule has 2 N–H and O–H groups in total. The zero-order valence-corrected chi connectivity index (χ0v) is 16.8. The maximum absolute atomic E-state index is 12.7. The molecule has 0 saturated heterocycles. The van der Waals surface area contributed by atoms with Crippen molar-refractivity contribution in [1.82, 2.24) is 20.6 Å². The number of hydrazine groups is 1. The number of carbonyl (C=O) groups is 2. The molecule has 0 unspecified atom stereocenters. The lowest BCUT2D eigenvalue weighted by atomic mass is 10.1. The highest BCUT2D eigenvalue weighted by molar-refractivity contribution is 9.10. The fourth-order valence-corrected chi connectivity index (χ4v) is 2.97. The minimum absolute atomic E-state index is 0.0856. The number of unbranched alkanes of at least 4 members (excludes halogenated alkanes) is 1. The van der Waals surface area contributed by atoms with Crippen LogP contribution in [-0.4, -0.2) is 21.6 Å². The zero-order chi connectivity index (χ0) is 20.1. The molecule has 0 aliphatic carbocycles. The molecule has 0 bridgehead atoms. The van der Waals surface area contributed by atoms with E-state index in [2.05, 4.69) is 31.9 Å². The Balaban J connectivity index is 1.86. The third-order valence-corrected chi connectivity index (χ3v) is 4.73. The number of hydrogen-bond donors (Lipinski definition) is 2. The monoisotopic (exact) mass is 442 g/mol. The van der Waals surface area contributed by atoms with Crippen LogP contribution < -0.4 is 16.4 Å². The summed E-state index contributed by atoms with van der Waals surface area (Å²) >= 11 is 3.30. The highest BCUT2D eigenvalue weighted by Crippen LogP contribution is 2.13. The quantitative estimate of drug-likeness (QED) is 0.593. The molecule has 1 heterocycles. The summed E-state index contributed by atoms with van der Waals surface area (Å²) in [5.41, 5.74) is 5.00. The molecule has 0 spiro atoms. The van der Waals surface area contributed by atoms with E-state index in [-0.39, 0.29) is 11.3 Å². The number of halogens is 1. The molecule has 3 aromatic rings. The summed E-state index contributed by atoms with van der Waals surface area (Å²) < 4.78 is 2.15. The second-order valence-electron chi connectivity index (χ2n) is 6.19. The zero-order valence-electron chi connectivity index (χ0n) is 15.2. The molecular formula is C20H19BrN4O3. The minimum atomic E-state index is -0.591. The van der Waals surface area contributed by atoms with Gasteiger partial charge in [-0.3, -0.25) is 25.2 Å². The summed E-state index contributed by atoms with van der Waals surface area (Å²) in [5.74, 6) is -1.05. The first-order valence-electron chi connectivity index (χ1n) is 8.87. The number of benzene rings is 2. The first-order valence-corrected chi connectivity index (χ1v) is 9.66. The normalized spacial score (nSPS) is 10.6. The maximum Gasteiger partial charge on any atom is 0.290 e. The third-order valence-electron chi connectivity index (χ3n) is 4.20. The van der Waals surface area contributed by atoms with E-state index in [9.17, 15) is 14.4 Å². The van der Waals surface area contributed by atoms with Gasteiger partial charge < -0.3 is 0 Å². The second kappa shape index (κ2) is 8.79. The van der Waals surface area contributed by atoms with Crippen LogP contribution in [0.4, 0.5) is 0 Å². The van der Waals surface area contributed by atoms with Crippen LogP contribution in [0.5, 0.6) is 0 Å². The van der Waals surface area contributed by atoms with Gasteiger partial charge in [-0.05, 0) is 36.8 Å². The van der Waals surface area contributed by atoms with E-state index in [1.165, 1.54) is 4.68 Å². The lowest BCUT2D eigenvalue weighted by Gasteiger charge is -2.11. The number of rotatable bonds is 5. The third kappa shape index (κ3) is 4.28. The van der Waals surface area contributed by atoms with Gasteiger partial charge in [-0.25, -0.2) is 4.68 Å². The van der Waals surface area contributed by atoms with E-state index in [1.807, 2.05) is 6.92 Å². The van der Waals surface area contributed by atoms with E-state index in [4.69, 9.17) is 0 Å². The number of aromatic nitrogens is 2.